The Bertz CT molecular complexity index is 632. The maximum Gasteiger partial charge on any atom is 0.127 e. The molecule has 0 saturated carbocycles. The average Bonchev–Trinajstić information content (AvgIpc) is 2.36. The second-order valence-electron chi connectivity index (χ2n) is 5.00. The minimum absolute atomic E-state index is 0.0501. The van der Waals surface area contributed by atoms with E-state index in [-0.39, 0.29) is 24.3 Å². The second-order valence-corrected chi connectivity index (χ2v) is 5.86. The minimum atomic E-state index is -0.360. The first kappa shape index (κ1) is 15.9. The van der Waals surface area contributed by atoms with E-state index >= 15 is 0 Å². The van der Waals surface area contributed by atoms with Crippen LogP contribution >= 0.6 is 15.9 Å². The maximum atomic E-state index is 13.6. The van der Waals surface area contributed by atoms with Crippen molar-refractivity contribution >= 4 is 15.9 Å². The van der Waals surface area contributed by atoms with Gasteiger partial charge in [-0.2, -0.15) is 0 Å². The standard InChI is InChI=1S/C16H16BrF2NO/c1-10(20)4-11-5-14(19)7-15(6-11)21-9-12-2-3-13(18)8-16(12)17/h2-3,5-8,10H,4,9,20H2,1H3. The summed E-state index contributed by atoms with van der Waals surface area (Å²) < 4.78 is 32.8. The van der Waals surface area contributed by atoms with Gasteiger partial charge in [0.25, 0.3) is 0 Å². The fourth-order valence-electron chi connectivity index (χ4n) is 1.99. The van der Waals surface area contributed by atoms with Gasteiger partial charge in [0, 0.05) is 22.1 Å². The molecule has 21 heavy (non-hydrogen) atoms. The van der Waals surface area contributed by atoms with E-state index in [0.717, 1.165) is 11.1 Å². The van der Waals surface area contributed by atoms with Crippen molar-refractivity contribution in [3.8, 4) is 5.75 Å². The quantitative estimate of drug-likeness (QED) is 0.872. The molecule has 2 nitrogen and oxygen atoms in total. The van der Waals surface area contributed by atoms with E-state index < -0.39 is 0 Å². The van der Waals surface area contributed by atoms with Crippen molar-refractivity contribution < 1.29 is 13.5 Å². The van der Waals surface area contributed by atoms with E-state index in [1.54, 1.807) is 12.1 Å². The van der Waals surface area contributed by atoms with Crippen molar-refractivity contribution in [3.63, 3.8) is 0 Å². The van der Waals surface area contributed by atoms with Gasteiger partial charge in [-0.1, -0.05) is 22.0 Å². The number of rotatable bonds is 5. The molecule has 2 N–H and O–H groups in total. The largest absolute Gasteiger partial charge is 0.489 e. The molecule has 0 aliphatic heterocycles. The maximum absolute atomic E-state index is 13.6. The van der Waals surface area contributed by atoms with Crippen LogP contribution in [0.25, 0.3) is 0 Å². The average molecular weight is 356 g/mol. The predicted octanol–water partition coefficient (Wildman–Crippen LogP) is 4.20. The SMILES string of the molecule is CC(N)Cc1cc(F)cc(OCc2ccc(F)cc2Br)c1. The van der Waals surface area contributed by atoms with Crippen LogP contribution in [0, 0.1) is 11.6 Å². The lowest BCUT2D eigenvalue weighted by atomic mass is 10.1. The summed E-state index contributed by atoms with van der Waals surface area (Å²) in [7, 11) is 0. The van der Waals surface area contributed by atoms with Gasteiger partial charge in [-0.25, -0.2) is 8.78 Å². The molecular weight excluding hydrogens is 340 g/mol. The molecule has 0 aliphatic rings. The molecule has 1 atom stereocenters. The molecule has 0 amide bonds. The summed E-state index contributed by atoms with van der Waals surface area (Å²) in [4.78, 5) is 0. The lowest BCUT2D eigenvalue weighted by molar-refractivity contribution is 0.303. The fraction of sp³-hybridized carbons (Fsp3) is 0.250. The number of benzene rings is 2. The topological polar surface area (TPSA) is 35.2 Å². The number of nitrogens with two attached hydrogens (primary N) is 1. The van der Waals surface area contributed by atoms with Crippen molar-refractivity contribution in [2.75, 3.05) is 0 Å². The summed E-state index contributed by atoms with van der Waals surface area (Å²) in [5.74, 6) is -0.251. The lowest BCUT2D eigenvalue weighted by Crippen LogP contribution is -2.17. The Morgan fingerprint density at radius 3 is 2.57 bits per heavy atom. The number of hydrogen-bond acceptors (Lipinski definition) is 2. The molecule has 0 heterocycles. The van der Waals surface area contributed by atoms with E-state index in [1.165, 1.54) is 24.3 Å². The van der Waals surface area contributed by atoms with E-state index in [4.69, 9.17) is 10.5 Å². The zero-order valence-corrected chi connectivity index (χ0v) is 13.2. The first-order valence-corrected chi connectivity index (χ1v) is 7.35. The van der Waals surface area contributed by atoms with Crippen LogP contribution in [-0.2, 0) is 13.0 Å². The summed E-state index contributed by atoms with van der Waals surface area (Å²) >= 11 is 3.27. The van der Waals surface area contributed by atoms with Crippen molar-refractivity contribution in [1.29, 1.82) is 0 Å². The molecule has 1 unspecified atom stereocenters. The van der Waals surface area contributed by atoms with Crippen LogP contribution in [0.1, 0.15) is 18.1 Å². The number of halogens is 3. The van der Waals surface area contributed by atoms with Gasteiger partial charge >= 0.3 is 0 Å². The Balaban J connectivity index is 2.10. The van der Waals surface area contributed by atoms with Gasteiger partial charge in [0.05, 0.1) is 0 Å². The molecule has 0 aliphatic carbocycles. The molecule has 5 heteroatoms. The Kier molecular flexibility index (Phi) is 5.31. The highest BCUT2D eigenvalue weighted by molar-refractivity contribution is 9.10. The van der Waals surface area contributed by atoms with Gasteiger partial charge in [0.1, 0.15) is 24.0 Å². The van der Waals surface area contributed by atoms with Gasteiger partial charge in [0.15, 0.2) is 0 Å². The molecule has 0 saturated heterocycles. The summed E-state index contributed by atoms with van der Waals surface area (Å²) in [6, 6.07) is 8.84. The Morgan fingerprint density at radius 1 is 1.14 bits per heavy atom. The molecule has 112 valence electrons. The van der Waals surface area contributed by atoms with Gasteiger partial charge in [-0.05, 0) is 43.2 Å². The Labute approximate surface area is 131 Å². The summed E-state index contributed by atoms with van der Waals surface area (Å²) in [5, 5.41) is 0. The zero-order chi connectivity index (χ0) is 15.4. The van der Waals surface area contributed by atoms with Crippen LogP contribution in [0.3, 0.4) is 0 Å². The molecule has 0 fully saturated rings. The second kappa shape index (κ2) is 7.00. The van der Waals surface area contributed by atoms with Crippen LogP contribution in [0.4, 0.5) is 8.78 Å². The molecule has 2 aromatic carbocycles. The third-order valence-electron chi connectivity index (χ3n) is 2.90. The van der Waals surface area contributed by atoms with Crippen LogP contribution in [-0.4, -0.2) is 6.04 Å². The van der Waals surface area contributed by atoms with Crippen LogP contribution < -0.4 is 10.5 Å². The fourth-order valence-corrected chi connectivity index (χ4v) is 2.46. The van der Waals surface area contributed by atoms with E-state index in [1.807, 2.05) is 6.92 Å². The summed E-state index contributed by atoms with van der Waals surface area (Å²) in [6.07, 6.45) is 0.578. The van der Waals surface area contributed by atoms with Crippen LogP contribution in [0.15, 0.2) is 40.9 Å². The Hall–Kier alpha value is -1.46. The third kappa shape index (κ3) is 4.79. The smallest absolute Gasteiger partial charge is 0.127 e. The molecule has 0 bridgehead atoms. The lowest BCUT2D eigenvalue weighted by Gasteiger charge is -2.11. The monoisotopic (exact) mass is 355 g/mol. The molecule has 2 aromatic rings. The highest BCUT2D eigenvalue weighted by atomic mass is 79.9. The molecule has 0 spiro atoms. The molecular formula is C16H16BrF2NO. The van der Waals surface area contributed by atoms with Crippen molar-refractivity contribution in [2.45, 2.75) is 26.0 Å². The van der Waals surface area contributed by atoms with Crippen LogP contribution in [0.5, 0.6) is 5.75 Å². The van der Waals surface area contributed by atoms with Crippen molar-refractivity contribution in [3.05, 3.63) is 63.6 Å². The van der Waals surface area contributed by atoms with E-state index in [2.05, 4.69) is 15.9 Å². The first-order valence-electron chi connectivity index (χ1n) is 6.56. The summed E-state index contributed by atoms with van der Waals surface area (Å²) in [6.45, 7) is 2.09. The van der Waals surface area contributed by atoms with E-state index in [0.29, 0.717) is 16.6 Å². The van der Waals surface area contributed by atoms with Gasteiger partial charge in [0.2, 0.25) is 0 Å². The molecule has 2 rings (SSSR count). The van der Waals surface area contributed by atoms with E-state index in [9.17, 15) is 8.78 Å². The first-order chi connectivity index (χ1) is 9.94. The number of hydrogen-bond donors (Lipinski definition) is 1. The highest BCUT2D eigenvalue weighted by Crippen LogP contribution is 2.22. The zero-order valence-electron chi connectivity index (χ0n) is 11.6. The normalized spacial score (nSPS) is 12.2. The van der Waals surface area contributed by atoms with Crippen molar-refractivity contribution in [1.82, 2.24) is 0 Å². The van der Waals surface area contributed by atoms with Gasteiger partial charge < -0.3 is 10.5 Å². The number of ether oxygens (including phenoxy) is 1. The van der Waals surface area contributed by atoms with Crippen LogP contribution in [0.2, 0.25) is 0 Å². The van der Waals surface area contributed by atoms with Gasteiger partial charge in [-0.3, -0.25) is 0 Å². The van der Waals surface area contributed by atoms with Gasteiger partial charge in [-0.15, -0.1) is 0 Å². The highest BCUT2D eigenvalue weighted by Gasteiger charge is 2.06. The summed E-state index contributed by atoms with van der Waals surface area (Å²) in [5.41, 5.74) is 7.30. The minimum Gasteiger partial charge on any atom is -0.489 e. The molecule has 0 aromatic heterocycles. The third-order valence-corrected chi connectivity index (χ3v) is 3.64. The van der Waals surface area contributed by atoms with Crippen molar-refractivity contribution in [2.24, 2.45) is 5.73 Å². The molecule has 0 radical (unpaired) electrons. The predicted molar refractivity (Wildman–Crippen MR) is 82.2 cm³/mol. The Morgan fingerprint density at radius 2 is 1.90 bits per heavy atom.